The monoisotopic (exact) mass is 430 g/mol. The Bertz CT molecular complexity index is 1110. The third kappa shape index (κ3) is 5.07. The molecule has 3 aromatic rings. The maximum absolute atomic E-state index is 13.1. The summed E-state index contributed by atoms with van der Waals surface area (Å²) in [4.78, 5) is 32.3. The first-order valence-electron chi connectivity index (χ1n) is 11.3. The molecule has 0 spiro atoms. The molecular formula is C26H30N4O2. The number of imidazole rings is 1. The summed E-state index contributed by atoms with van der Waals surface area (Å²) in [5.41, 5.74) is 2.69. The number of hydrogen-bond acceptors (Lipinski definition) is 3. The van der Waals surface area contributed by atoms with Gasteiger partial charge >= 0.3 is 0 Å². The number of carbonyl (C=O) groups excluding carboxylic acids is 2. The molecule has 6 nitrogen and oxygen atoms in total. The largest absolute Gasteiger partial charge is 0.343 e. The number of likely N-dealkylation sites (tertiary alicyclic amines) is 1. The lowest BCUT2D eigenvalue weighted by Gasteiger charge is -2.30. The van der Waals surface area contributed by atoms with E-state index in [9.17, 15) is 9.59 Å². The first-order chi connectivity index (χ1) is 15.5. The number of rotatable bonds is 6. The molecule has 0 saturated carbocycles. The minimum atomic E-state index is -0.343. The van der Waals surface area contributed by atoms with Gasteiger partial charge in [-0.3, -0.25) is 9.59 Å². The van der Waals surface area contributed by atoms with Gasteiger partial charge in [0.15, 0.2) is 0 Å². The predicted octanol–water partition coefficient (Wildman–Crippen LogP) is 4.19. The third-order valence-electron chi connectivity index (χ3n) is 6.09. The minimum absolute atomic E-state index is 0.101. The maximum Gasteiger partial charge on any atom is 0.244 e. The Labute approximate surface area is 188 Å². The molecule has 0 radical (unpaired) electrons. The summed E-state index contributed by atoms with van der Waals surface area (Å²) in [5, 5.41) is 2.99. The number of amides is 2. The molecular weight excluding hydrogens is 400 g/mol. The molecule has 1 saturated heterocycles. The Hall–Kier alpha value is -3.41. The summed E-state index contributed by atoms with van der Waals surface area (Å²) in [7, 11) is 0. The van der Waals surface area contributed by atoms with Crippen LogP contribution in [0.3, 0.4) is 0 Å². The van der Waals surface area contributed by atoms with Gasteiger partial charge in [-0.2, -0.15) is 0 Å². The van der Waals surface area contributed by atoms with E-state index < -0.39 is 0 Å². The molecule has 1 N–H and O–H groups in total. The molecule has 1 atom stereocenters. The van der Waals surface area contributed by atoms with Crippen LogP contribution in [0.1, 0.15) is 44.1 Å². The summed E-state index contributed by atoms with van der Waals surface area (Å²) in [6.45, 7) is 5.97. The number of aromatic nitrogens is 2. The highest BCUT2D eigenvalue weighted by molar-refractivity contribution is 5.92. The van der Waals surface area contributed by atoms with Crippen molar-refractivity contribution >= 4 is 28.9 Å². The Balaban J connectivity index is 1.52. The number of hydrogen-bond donors (Lipinski definition) is 1. The second-order valence-corrected chi connectivity index (χ2v) is 8.58. The second-order valence-electron chi connectivity index (χ2n) is 8.58. The van der Waals surface area contributed by atoms with Crippen LogP contribution < -0.4 is 5.32 Å². The molecule has 2 heterocycles. The van der Waals surface area contributed by atoms with E-state index in [-0.39, 0.29) is 24.4 Å². The lowest BCUT2D eigenvalue weighted by molar-refractivity contribution is -0.133. The number of piperidine rings is 1. The maximum atomic E-state index is 13.1. The van der Waals surface area contributed by atoms with E-state index in [0.717, 1.165) is 42.5 Å². The van der Waals surface area contributed by atoms with Crippen LogP contribution in [0.2, 0.25) is 0 Å². The molecule has 1 fully saturated rings. The number of nitrogens with one attached hydrogen (secondary N) is 1. The highest BCUT2D eigenvalue weighted by atomic mass is 16.2. The molecule has 0 bridgehead atoms. The fourth-order valence-electron chi connectivity index (χ4n) is 4.15. The molecule has 6 heteroatoms. The van der Waals surface area contributed by atoms with Crippen molar-refractivity contribution in [1.82, 2.24) is 19.8 Å². The number of para-hydroxylation sites is 2. The van der Waals surface area contributed by atoms with Crippen molar-refractivity contribution in [2.75, 3.05) is 13.1 Å². The highest BCUT2D eigenvalue weighted by Gasteiger charge is 2.24. The molecule has 1 aliphatic rings. The molecule has 1 unspecified atom stereocenters. The Morgan fingerprint density at radius 1 is 1.09 bits per heavy atom. The van der Waals surface area contributed by atoms with Crippen molar-refractivity contribution in [3.8, 4) is 0 Å². The zero-order valence-electron chi connectivity index (χ0n) is 18.7. The Morgan fingerprint density at radius 3 is 2.53 bits per heavy atom. The zero-order chi connectivity index (χ0) is 22.5. The van der Waals surface area contributed by atoms with Crippen molar-refractivity contribution in [1.29, 1.82) is 0 Å². The van der Waals surface area contributed by atoms with Crippen LogP contribution in [-0.4, -0.2) is 39.4 Å². The summed E-state index contributed by atoms with van der Waals surface area (Å²) in [5.74, 6) is 1.26. The van der Waals surface area contributed by atoms with Gasteiger partial charge in [-0.05, 0) is 49.5 Å². The molecule has 166 valence electrons. The fourth-order valence-corrected chi connectivity index (χ4v) is 4.15. The van der Waals surface area contributed by atoms with Gasteiger partial charge in [0.2, 0.25) is 11.8 Å². The minimum Gasteiger partial charge on any atom is -0.343 e. The van der Waals surface area contributed by atoms with Gasteiger partial charge < -0.3 is 14.8 Å². The van der Waals surface area contributed by atoms with Crippen molar-refractivity contribution in [3.05, 3.63) is 72.1 Å². The SMILES string of the molecule is CC1CCN(C(=O)Cn2c(C(C)NC(=O)/C=C\c3ccccc3)nc3ccccc32)CC1. The number of benzene rings is 2. The molecule has 4 rings (SSSR count). The predicted molar refractivity (Wildman–Crippen MR) is 127 cm³/mol. The first kappa shape index (κ1) is 21.8. The van der Waals surface area contributed by atoms with E-state index in [2.05, 4.69) is 12.2 Å². The summed E-state index contributed by atoms with van der Waals surface area (Å²) in [6.07, 6.45) is 5.40. The number of carbonyl (C=O) groups is 2. The average molecular weight is 431 g/mol. The Kier molecular flexibility index (Phi) is 6.69. The van der Waals surface area contributed by atoms with E-state index in [1.54, 1.807) is 6.08 Å². The number of nitrogens with zero attached hydrogens (tertiary/aromatic N) is 3. The van der Waals surface area contributed by atoms with Crippen molar-refractivity contribution in [2.24, 2.45) is 5.92 Å². The van der Waals surface area contributed by atoms with Crippen molar-refractivity contribution in [3.63, 3.8) is 0 Å². The standard InChI is InChI=1S/C26H30N4O2/c1-19-14-16-29(17-15-19)25(32)18-30-23-11-7-6-10-22(23)28-26(30)20(2)27-24(31)13-12-21-8-4-3-5-9-21/h3-13,19-20H,14-18H2,1-2H3,(H,27,31)/b13-12-. The molecule has 2 amide bonds. The fraction of sp³-hybridized carbons (Fsp3) is 0.346. The van der Waals surface area contributed by atoms with Gasteiger partial charge in [0.25, 0.3) is 0 Å². The summed E-state index contributed by atoms with van der Waals surface area (Å²) >= 11 is 0. The molecule has 32 heavy (non-hydrogen) atoms. The van der Waals surface area contributed by atoms with Crippen LogP contribution in [0.5, 0.6) is 0 Å². The van der Waals surface area contributed by atoms with E-state index in [0.29, 0.717) is 11.7 Å². The lowest BCUT2D eigenvalue weighted by atomic mass is 9.99. The Morgan fingerprint density at radius 2 is 1.78 bits per heavy atom. The molecule has 1 aromatic heterocycles. The average Bonchev–Trinajstić information content (AvgIpc) is 3.17. The highest BCUT2D eigenvalue weighted by Crippen LogP contribution is 2.22. The molecule has 1 aliphatic heterocycles. The first-order valence-corrected chi connectivity index (χ1v) is 11.3. The molecule has 0 aliphatic carbocycles. The zero-order valence-corrected chi connectivity index (χ0v) is 18.7. The molecule has 2 aromatic carbocycles. The summed E-state index contributed by atoms with van der Waals surface area (Å²) < 4.78 is 1.95. The number of fused-ring (bicyclic) bond motifs is 1. The lowest BCUT2D eigenvalue weighted by Crippen LogP contribution is -2.40. The van der Waals surface area contributed by atoms with Gasteiger partial charge in [0.05, 0.1) is 17.1 Å². The van der Waals surface area contributed by atoms with Crippen LogP contribution in [0.15, 0.2) is 60.7 Å². The normalized spacial score (nSPS) is 15.9. The van der Waals surface area contributed by atoms with Gasteiger partial charge in [-0.1, -0.05) is 49.4 Å². The van der Waals surface area contributed by atoms with Gasteiger partial charge in [-0.25, -0.2) is 4.98 Å². The van der Waals surface area contributed by atoms with E-state index >= 15 is 0 Å². The van der Waals surface area contributed by atoms with Gasteiger partial charge in [-0.15, -0.1) is 0 Å². The van der Waals surface area contributed by atoms with Crippen LogP contribution in [0.4, 0.5) is 0 Å². The van der Waals surface area contributed by atoms with Gasteiger partial charge in [0, 0.05) is 19.2 Å². The second kappa shape index (κ2) is 9.81. The van der Waals surface area contributed by atoms with E-state index in [1.807, 2.05) is 71.0 Å². The van der Waals surface area contributed by atoms with Crippen LogP contribution in [0.25, 0.3) is 17.1 Å². The van der Waals surface area contributed by atoms with Crippen molar-refractivity contribution < 1.29 is 9.59 Å². The van der Waals surface area contributed by atoms with E-state index in [1.165, 1.54) is 6.08 Å². The van der Waals surface area contributed by atoms with E-state index in [4.69, 9.17) is 4.98 Å². The summed E-state index contributed by atoms with van der Waals surface area (Å²) in [6, 6.07) is 17.1. The van der Waals surface area contributed by atoms with Crippen LogP contribution >= 0.6 is 0 Å². The topological polar surface area (TPSA) is 67.2 Å². The smallest absolute Gasteiger partial charge is 0.244 e. The quantitative estimate of drug-likeness (QED) is 0.597. The van der Waals surface area contributed by atoms with Gasteiger partial charge in [0.1, 0.15) is 12.4 Å². The van der Waals surface area contributed by atoms with Crippen molar-refractivity contribution in [2.45, 2.75) is 39.3 Å². The van der Waals surface area contributed by atoms with Crippen LogP contribution in [0, 0.1) is 5.92 Å². The third-order valence-corrected chi connectivity index (χ3v) is 6.09. The van der Waals surface area contributed by atoms with Crippen LogP contribution in [-0.2, 0) is 16.1 Å².